The standard InChI is InChI=1S/C15H21F2NO/c1-14(16,17)11-5-6-13(19-2)12(9-11)15(10-18)7-3-4-8-15/h5-6,9H,3-4,7-8,10,18H2,1-2H3. The zero-order valence-electron chi connectivity index (χ0n) is 11.5. The molecule has 0 atom stereocenters. The fourth-order valence-corrected chi connectivity index (χ4v) is 3.03. The quantitative estimate of drug-likeness (QED) is 0.906. The van der Waals surface area contributed by atoms with Crippen molar-refractivity contribution < 1.29 is 13.5 Å². The van der Waals surface area contributed by atoms with Crippen molar-refractivity contribution >= 4 is 0 Å². The first-order chi connectivity index (χ1) is 8.93. The van der Waals surface area contributed by atoms with Gasteiger partial charge in [0.2, 0.25) is 0 Å². The number of alkyl halides is 2. The Labute approximate surface area is 112 Å². The lowest BCUT2D eigenvalue weighted by molar-refractivity contribution is 0.0172. The molecule has 106 valence electrons. The second-order valence-electron chi connectivity index (χ2n) is 5.49. The third-order valence-electron chi connectivity index (χ3n) is 4.23. The van der Waals surface area contributed by atoms with E-state index in [1.807, 2.05) is 0 Å². The molecule has 1 aromatic carbocycles. The van der Waals surface area contributed by atoms with E-state index in [-0.39, 0.29) is 11.0 Å². The zero-order chi connectivity index (χ0) is 14.1. The van der Waals surface area contributed by atoms with Crippen LogP contribution in [0.25, 0.3) is 0 Å². The Kier molecular flexibility index (Phi) is 3.81. The molecule has 1 fully saturated rings. The predicted molar refractivity (Wildman–Crippen MR) is 71.8 cm³/mol. The van der Waals surface area contributed by atoms with Crippen molar-refractivity contribution in [3.63, 3.8) is 0 Å². The molecule has 1 aliphatic rings. The van der Waals surface area contributed by atoms with Gasteiger partial charge in [-0.15, -0.1) is 0 Å². The van der Waals surface area contributed by atoms with Crippen molar-refractivity contribution in [1.82, 2.24) is 0 Å². The lowest BCUT2D eigenvalue weighted by atomic mass is 9.77. The molecule has 1 aliphatic carbocycles. The minimum atomic E-state index is -2.84. The van der Waals surface area contributed by atoms with Crippen molar-refractivity contribution in [3.8, 4) is 5.75 Å². The number of benzene rings is 1. The fraction of sp³-hybridized carbons (Fsp3) is 0.600. The first-order valence-corrected chi connectivity index (χ1v) is 6.70. The summed E-state index contributed by atoms with van der Waals surface area (Å²) >= 11 is 0. The Hall–Kier alpha value is -1.16. The summed E-state index contributed by atoms with van der Waals surface area (Å²) in [6.07, 6.45) is 4.07. The van der Waals surface area contributed by atoms with Crippen LogP contribution in [0.15, 0.2) is 18.2 Å². The highest BCUT2D eigenvalue weighted by atomic mass is 19.3. The van der Waals surface area contributed by atoms with Crippen LogP contribution in [-0.4, -0.2) is 13.7 Å². The van der Waals surface area contributed by atoms with E-state index >= 15 is 0 Å². The van der Waals surface area contributed by atoms with E-state index in [1.165, 1.54) is 6.07 Å². The van der Waals surface area contributed by atoms with Crippen molar-refractivity contribution in [2.45, 2.75) is 43.9 Å². The summed E-state index contributed by atoms with van der Waals surface area (Å²) < 4.78 is 32.4. The minimum absolute atomic E-state index is 0.0306. The molecular formula is C15H21F2NO. The Morgan fingerprint density at radius 1 is 1.32 bits per heavy atom. The van der Waals surface area contributed by atoms with E-state index in [1.54, 1.807) is 19.2 Å². The normalized spacial score (nSPS) is 18.6. The van der Waals surface area contributed by atoms with E-state index in [9.17, 15) is 8.78 Å². The average Bonchev–Trinajstić information content (AvgIpc) is 2.86. The van der Waals surface area contributed by atoms with Gasteiger partial charge in [0.25, 0.3) is 5.92 Å². The highest BCUT2D eigenvalue weighted by Gasteiger charge is 2.38. The van der Waals surface area contributed by atoms with Crippen molar-refractivity contribution in [2.24, 2.45) is 5.73 Å². The highest BCUT2D eigenvalue weighted by molar-refractivity contribution is 5.44. The molecule has 0 amide bonds. The van der Waals surface area contributed by atoms with E-state index < -0.39 is 5.92 Å². The summed E-state index contributed by atoms with van der Waals surface area (Å²) in [5.74, 6) is -2.17. The molecule has 2 rings (SSSR count). The number of methoxy groups -OCH3 is 1. The van der Waals surface area contributed by atoms with Gasteiger partial charge >= 0.3 is 0 Å². The maximum atomic E-state index is 13.5. The number of rotatable bonds is 4. The molecule has 0 saturated heterocycles. The van der Waals surface area contributed by atoms with Gasteiger partial charge in [-0.05, 0) is 31.0 Å². The third-order valence-corrected chi connectivity index (χ3v) is 4.23. The number of halogens is 2. The van der Waals surface area contributed by atoms with Gasteiger partial charge in [-0.25, -0.2) is 8.78 Å². The monoisotopic (exact) mass is 269 g/mol. The summed E-state index contributed by atoms with van der Waals surface area (Å²) in [4.78, 5) is 0. The van der Waals surface area contributed by atoms with Crippen LogP contribution in [0, 0.1) is 0 Å². The van der Waals surface area contributed by atoms with Gasteiger partial charge < -0.3 is 10.5 Å². The van der Waals surface area contributed by atoms with Crippen molar-refractivity contribution in [3.05, 3.63) is 29.3 Å². The van der Waals surface area contributed by atoms with Crippen molar-refractivity contribution in [2.75, 3.05) is 13.7 Å². The zero-order valence-corrected chi connectivity index (χ0v) is 11.5. The van der Waals surface area contributed by atoms with Gasteiger partial charge in [0.05, 0.1) is 7.11 Å². The lowest BCUT2D eigenvalue weighted by Gasteiger charge is -2.30. The van der Waals surface area contributed by atoms with Gasteiger partial charge in [-0.1, -0.05) is 12.8 Å². The summed E-state index contributed by atoms with van der Waals surface area (Å²) in [6, 6.07) is 4.65. The maximum absolute atomic E-state index is 13.5. The molecule has 1 aromatic rings. The highest BCUT2D eigenvalue weighted by Crippen LogP contribution is 2.45. The molecule has 0 unspecified atom stereocenters. The fourth-order valence-electron chi connectivity index (χ4n) is 3.03. The largest absolute Gasteiger partial charge is 0.496 e. The second kappa shape index (κ2) is 5.08. The SMILES string of the molecule is COc1ccc(C(C)(F)F)cc1C1(CN)CCCC1. The molecule has 0 bridgehead atoms. The van der Waals surface area contributed by atoms with Crippen LogP contribution in [0.4, 0.5) is 8.78 Å². The molecule has 0 spiro atoms. The number of hydrogen-bond donors (Lipinski definition) is 1. The van der Waals surface area contributed by atoms with Gasteiger partial charge in [-0.2, -0.15) is 0 Å². The first-order valence-electron chi connectivity index (χ1n) is 6.70. The summed E-state index contributed by atoms with van der Waals surface area (Å²) in [5.41, 5.74) is 6.61. The van der Waals surface area contributed by atoms with Gasteiger partial charge in [0.1, 0.15) is 5.75 Å². The molecule has 0 radical (unpaired) electrons. The van der Waals surface area contributed by atoms with E-state index in [0.29, 0.717) is 12.3 Å². The van der Waals surface area contributed by atoms with E-state index in [2.05, 4.69) is 0 Å². The molecule has 19 heavy (non-hydrogen) atoms. The topological polar surface area (TPSA) is 35.2 Å². The molecule has 0 heterocycles. The minimum Gasteiger partial charge on any atom is -0.496 e. The maximum Gasteiger partial charge on any atom is 0.270 e. The Balaban J connectivity index is 2.53. The Bertz CT molecular complexity index is 448. The Morgan fingerprint density at radius 3 is 2.42 bits per heavy atom. The average molecular weight is 269 g/mol. The van der Waals surface area contributed by atoms with E-state index in [0.717, 1.165) is 38.2 Å². The van der Waals surface area contributed by atoms with Crippen LogP contribution >= 0.6 is 0 Å². The van der Waals surface area contributed by atoms with Crippen LogP contribution in [0.5, 0.6) is 5.75 Å². The van der Waals surface area contributed by atoms with Crippen LogP contribution in [0.2, 0.25) is 0 Å². The molecule has 4 heteroatoms. The lowest BCUT2D eigenvalue weighted by Crippen LogP contribution is -2.32. The molecule has 1 saturated carbocycles. The van der Waals surface area contributed by atoms with Gasteiger partial charge in [0, 0.05) is 30.0 Å². The van der Waals surface area contributed by atoms with Crippen LogP contribution in [-0.2, 0) is 11.3 Å². The van der Waals surface area contributed by atoms with E-state index in [4.69, 9.17) is 10.5 Å². The summed E-state index contributed by atoms with van der Waals surface area (Å²) in [6.45, 7) is 1.39. The van der Waals surface area contributed by atoms with Crippen LogP contribution in [0.1, 0.15) is 43.7 Å². The predicted octanol–water partition coefficient (Wildman–Crippen LogP) is 3.58. The van der Waals surface area contributed by atoms with Gasteiger partial charge in [0.15, 0.2) is 0 Å². The molecule has 2 N–H and O–H groups in total. The molecule has 2 nitrogen and oxygen atoms in total. The number of ether oxygens (including phenoxy) is 1. The van der Waals surface area contributed by atoms with Crippen molar-refractivity contribution in [1.29, 1.82) is 0 Å². The number of hydrogen-bond acceptors (Lipinski definition) is 2. The van der Waals surface area contributed by atoms with Crippen LogP contribution in [0.3, 0.4) is 0 Å². The molecular weight excluding hydrogens is 248 g/mol. The first kappa shape index (κ1) is 14.3. The third kappa shape index (κ3) is 2.59. The Morgan fingerprint density at radius 2 is 1.95 bits per heavy atom. The molecule has 0 aliphatic heterocycles. The summed E-state index contributed by atoms with van der Waals surface area (Å²) in [7, 11) is 1.57. The molecule has 0 aromatic heterocycles. The smallest absolute Gasteiger partial charge is 0.270 e. The van der Waals surface area contributed by atoms with Gasteiger partial charge in [-0.3, -0.25) is 0 Å². The summed E-state index contributed by atoms with van der Waals surface area (Å²) in [5, 5.41) is 0. The second-order valence-corrected chi connectivity index (χ2v) is 5.49. The van der Waals surface area contributed by atoms with Crippen LogP contribution < -0.4 is 10.5 Å². The number of nitrogens with two attached hydrogens (primary N) is 1.